The van der Waals surface area contributed by atoms with Crippen LogP contribution < -0.4 is 10.6 Å². The zero-order valence-electron chi connectivity index (χ0n) is 12.7. The van der Waals surface area contributed by atoms with Gasteiger partial charge in [0.25, 0.3) is 0 Å². The Kier molecular flexibility index (Phi) is 6.85. The zero-order valence-corrected chi connectivity index (χ0v) is 13.5. The van der Waals surface area contributed by atoms with Gasteiger partial charge in [0.2, 0.25) is 0 Å². The lowest BCUT2D eigenvalue weighted by Crippen LogP contribution is -2.43. The number of nitrogens with one attached hydrogen (secondary N) is 2. The van der Waals surface area contributed by atoms with E-state index >= 15 is 0 Å². The molecular weight excluding hydrogens is 273 g/mol. The number of halogens is 1. The van der Waals surface area contributed by atoms with E-state index in [1.165, 1.54) is 12.1 Å². The monoisotopic (exact) mass is 297 g/mol. The minimum absolute atomic E-state index is 0.148. The number of guanidine groups is 1. The molecule has 0 aliphatic carbocycles. The van der Waals surface area contributed by atoms with Crippen LogP contribution in [-0.2, 0) is 6.54 Å². The molecule has 0 saturated heterocycles. The van der Waals surface area contributed by atoms with Gasteiger partial charge in [-0.15, -0.1) is 0 Å². The number of nitrogens with zero attached hydrogens (tertiary/aromatic N) is 1. The van der Waals surface area contributed by atoms with Crippen molar-refractivity contribution < 1.29 is 4.39 Å². The van der Waals surface area contributed by atoms with Gasteiger partial charge in [-0.25, -0.2) is 9.38 Å². The lowest BCUT2D eigenvalue weighted by atomic mass is 10.2. The van der Waals surface area contributed by atoms with Crippen LogP contribution in [0.2, 0.25) is 0 Å². The van der Waals surface area contributed by atoms with Crippen LogP contribution in [0.5, 0.6) is 0 Å². The largest absolute Gasteiger partial charge is 0.357 e. The molecule has 0 atom stereocenters. The summed E-state index contributed by atoms with van der Waals surface area (Å²) in [6.45, 7) is 8.48. The molecule has 1 aromatic rings. The number of rotatable bonds is 6. The molecule has 0 aliphatic rings. The van der Waals surface area contributed by atoms with Crippen molar-refractivity contribution in [3.05, 3.63) is 35.6 Å². The first-order chi connectivity index (χ1) is 9.46. The van der Waals surface area contributed by atoms with Crippen LogP contribution >= 0.6 is 11.8 Å². The van der Waals surface area contributed by atoms with Crippen molar-refractivity contribution in [2.24, 2.45) is 4.99 Å². The van der Waals surface area contributed by atoms with Crippen molar-refractivity contribution in [1.82, 2.24) is 10.6 Å². The lowest BCUT2D eigenvalue weighted by Gasteiger charge is -2.23. The molecule has 1 rings (SSSR count). The summed E-state index contributed by atoms with van der Waals surface area (Å²) in [5, 5.41) is 6.52. The second-order valence-corrected chi connectivity index (χ2v) is 6.66. The second kappa shape index (κ2) is 8.15. The molecule has 0 radical (unpaired) electrons. The summed E-state index contributed by atoms with van der Waals surface area (Å²) in [5.74, 6) is 0.540. The third kappa shape index (κ3) is 6.28. The maximum Gasteiger partial charge on any atom is 0.191 e. The summed E-state index contributed by atoms with van der Waals surface area (Å²) in [4.78, 5) is 4.48. The van der Waals surface area contributed by atoms with E-state index in [2.05, 4.69) is 35.7 Å². The molecular formula is C15H24FN3S. The van der Waals surface area contributed by atoms with E-state index in [-0.39, 0.29) is 10.6 Å². The smallest absolute Gasteiger partial charge is 0.191 e. The van der Waals surface area contributed by atoms with Gasteiger partial charge in [0.1, 0.15) is 5.82 Å². The summed E-state index contributed by atoms with van der Waals surface area (Å²) in [5.41, 5.74) is 0.867. The molecule has 1 aromatic carbocycles. The molecule has 0 amide bonds. The Morgan fingerprint density at radius 2 is 2.10 bits per heavy atom. The first-order valence-electron chi connectivity index (χ1n) is 6.78. The van der Waals surface area contributed by atoms with Crippen LogP contribution in [0, 0.1) is 5.82 Å². The highest BCUT2D eigenvalue weighted by Crippen LogP contribution is 2.19. The van der Waals surface area contributed by atoms with Crippen molar-refractivity contribution in [1.29, 1.82) is 0 Å². The molecule has 0 saturated carbocycles. The molecule has 0 bridgehead atoms. The fourth-order valence-corrected chi connectivity index (χ4v) is 1.73. The van der Waals surface area contributed by atoms with Crippen molar-refractivity contribution >= 4 is 17.7 Å². The van der Waals surface area contributed by atoms with Gasteiger partial charge in [-0.3, -0.25) is 0 Å². The molecule has 2 N–H and O–H groups in total. The molecule has 0 fully saturated rings. The maximum absolute atomic E-state index is 13.1. The molecule has 112 valence electrons. The van der Waals surface area contributed by atoms with E-state index in [0.717, 1.165) is 24.6 Å². The van der Waals surface area contributed by atoms with Gasteiger partial charge in [0.15, 0.2) is 5.96 Å². The molecule has 0 spiro atoms. The average Bonchev–Trinajstić information content (AvgIpc) is 2.42. The molecule has 0 aliphatic heterocycles. The highest BCUT2D eigenvalue weighted by Gasteiger charge is 2.15. The second-order valence-electron chi connectivity index (χ2n) is 5.14. The molecule has 3 nitrogen and oxygen atoms in total. The number of thioether (sulfide) groups is 1. The van der Waals surface area contributed by atoms with Crippen LogP contribution in [0.1, 0.15) is 26.3 Å². The van der Waals surface area contributed by atoms with Gasteiger partial charge in [-0.1, -0.05) is 12.1 Å². The van der Waals surface area contributed by atoms with Gasteiger partial charge in [0.05, 0.1) is 6.54 Å². The summed E-state index contributed by atoms with van der Waals surface area (Å²) in [6.07, 6.45) is 2.10. The zero-order chi connectivity index (χ0) is 15.0. The first kappa shape index (κ1) is 16.8. The van der Waals surface area contributed by atoms with Crippen LogP contribution in [0.3, 0.4) is 0 Å². The maximum atomic E-state index is 13.1. The minimum atomic E-state index is -0.223. The minimum Gasteiger partial charge on any atom is -0.357 e. The number of hydrogen-bond acceptors (Lipinski definition) is 2. The predicted octanol–water partition coefficient (Wildman–Crippen LogP) is 3.02. The van der Waals surface area contributed by atoms with E-state index in [4.69, 9.17) is 0 Å². The van der Waals surface area contributed by atoms with Crippen LogP contribution in [0.4, 0.5) is 4.39 Å². The Morgan fingerprint density at radius 1 is 1.35 bits per heavy atom. The Hall–Kier alpha value is -1.23. The van der Waals surface area contributed by atoms with Gasteiger partial charge in [-0.05, 0) is 44.7 Å². The molecule has 0 heterocycles. The Morgan fingerprint density at radius 3 is 2.70 bits per heavy atom. The Labute approximate surface area is 125 Å². The van der Waals surface area contributed by atoms with Crippen molar-refractivity contribution in [3.8, 4) is 0 Å². The van der Waals surface area contributed by atoms with Gasteiger partial charge in [-0.2, -0.15) is 11.8 Å². The number of hydrogen-bond donors (Lipinski definition) is 2. The molecule has 20 heavy (non-hydrogen) atoms. The Balaban J connectivity index is 2.63. The van der Waals surface area contributed by atoms with E-state index in [9.17, 15) is 4.39 Å². The van der Waals surface area contributed by atoms with Crippen molar-refractivity contribution in [3.63, 3.8) is 0 Å². The fraction of sp³-hybridized carbons (Fsp3) is 0.533. The van der Waals surface area contributed by atoms with Crippen LogP contribution in [0.25, 0.3) is 0 Å². The normalized spacial score (nSPS) is 12.3. The first-order valence-corrected chi connectivity index (χ1v) is 8.01. The van der Waals surface area contributed by atoms with E-state index in [1.54, 1.807) is 6.07 Å². The SMILES string of the molecule is CCNC(=NCc1cccc(F)c1)NCC(C)(C)SC. The van der Waals surface area contributed by atoms with Crippen LogP contribution in [0.15, 0.2) is 29.3 Å². The Bertz CT molecular complexity index is 446. The standard InChI is InChI=1S/C15H24FN3S/c1-5-17-14(19-11-15(2,3)20-4)18-10-12-7-6-8-13(16)9-12/h6-9H,5,10-11H2,1-4H3,(H2,17,18,19). The molecule has 0 unspecified atom stereocenters. The third-order valence-corrected chi connectivity index (χ3v) is 4.14. The summed E-state index contributed by atoms with van der Waals surface area (Å²) in [7, 11) is 0. The van der Waals surface area contributed by atoms with E-state index in [0.29, 0.717) is 6.54 Å². The van der Waals surface area contributed by atoms with Crippen LogP contribution in [-0.4, -0.2) is 30.1 Å². The van der Waals surface area contributed by atoms with E-state index < -0.39 is 0 Å². The topological polar surface area (TPSA) is 36.4 Å². The summed E-state index contributed by atoms with van der Waals surface area (Å²) in [6, 6.07) is 6.54. The molecule has 5 heteroatoms. The highest BCUT2D eigenvalue weighted by molar-refractivity contribution is 7.99. The summed E-state index contributed by atoms with van der Waals surface area (Å²) < 4.78 is 13.3. The highest BCUT2D eigenvalue weighted by atomic mass is 32.2. The van der Waals surface area contributed by atoms with Gasteiger partial charge in [0, 0.05) is 17.8 Å². The fourth-order valence-electron chi connectivity index (χ4n) is 1.52. The van der Waals surface area contributed by atoms with Gasteiger partial charge < -0.3 is 10.6 Å². The van der Waals surface area contributed by atoms with E-state index in [1.807, 2.05) is 24.8 Å². The average molecular weight is 297 g/mol. The number of benzene rings is 1. The van der Waals surface area contributed by atoms with Gasteiger partial charge >= 0.3 is 0 Å². The van der Waals surface area contributed by atoms with Crippen molar-refractivity contribution in [2.75, 3.05) is 19.3 Å². The summed E-state index contributed by atoms with van der Waals surface area (Å²) >= 11 is 1.81. The molecule has 0 aromatic heterocycles. The van der Waals surface area contributed by atoms with Crippen molar-refractivity contribution in [2.45, 2.75) is 32.1 Å². The predicted molar refractivity (Wildman–Crippen MR) is 86.8 cm³/mol. The lowest BCUT2D eigenvalue weighted by molar-refractivity contribution is 0.625. The number of aliphatic imine (C=N–C) groups is 1. The third-order valence-electron chi connectivity index (χ3n) is 2.89. The quantitative estimate of drug-likeness (QED) is 0.626.